The molecule has 3 aliphatic rings. The Labute approximate surface area is 268 Å². The molecule has 0 saturated carbocycles. The van der Waals surface area contributed by atoms with Gasteiger partial charge >= 0.3 is 0 Å². The number of thiazole rings is 1. The van der Waals surface area contributed by atoms with Gasteiger partial charge in [0, 0.05) is 44.9 Å². The van der Waals surface area contributed by atoms with Crippen LogP contribution in [0.2, 0.25) is 0 Å². The molecule has 6 rings (SSSR count). The molecule has 0 fully saturated rings. The number of fused-ring (bicyclic) bond motifs is 3. The topological polar surface area (TPSA) is 7.12 Å². The van der Waals surface area contributed by atoms with E-state index < -0.39 is 0 Å². The van der Waals surface area contributed by atoms with E-state index in [0.29, 0.717) is 5.92 Å². The molecule has 0 amide bonds. The van der Waals surface area contributed by atoms with Crippen molar-refractivity contribution < 1.29 is 4.57 Å². The Morgan fingerprint density at radius 2 is 1.71 bits per heavy atom. The lowest BCUT2D eigenvalue weighted by molar-refractivity contribution is -0.665. The summed E-state index contributed by atoms with van der Waals surface area (Å²) < 4.78 is 3.85. The number of aromatic nitrogens is 1. The molecule has 0 N–H and O–H groups in total. The highest BCUT2D eigenvalue weighted by molar-refractivity contribution is 8.03. The maximum atomic E-state index is 3.88. The van der Waals surface area contributed by atoms with Gasteiger partial charge in [0.15, 0.2) is 0 Å². The Morgan fingerprint density at radius 3 is 2.48 bits per heavy atom. The second-order valence-corrected chi connectivity index (χ2v) is 15.1. The highest BCUT2D eigenvalue weighted by Crippen LogP contribution is 2.48. The molecule has 1 aliphatic heterocycles. The van der Waals surface area contributed by atoms with Crippen LogP contribution in [-0.4, -0.2) is 18.1 Å². The van der Waals surface area contributed by atoms with Crippen LogP contribution in [0.5, 0.6) is 0 Å². The number of hydrogen-bond acceptors (Lipinski definition) is 5. The maximum Gasteiger partial charge on any atom is 0.263 e. The first-order valence-corrected chi connectivity index (χ1v) is 18.6. The van der Waals surface area contributed by atoms with E-state index >= 15 is 0 Å². The van der Waals surface area contributed by atoms with Crippen LogP contribution in [0, 0.1) is 5.92 Å². The van der Waals surface area contributed by atoms with Crippen molar-refractivity contribution in [3.8, 4) is 0 Å². The zero-order chi connectivity index (χ0) is 29.1. The number of thioether (sulfide) groups is 3. The van der Waals surface area contributed by atoms with E-state index in [0.717, 1.165) is 37.4 Å². The summed E-state index contributed by atoms with van der Waals surface area (Å²) in [5, 5.41) is 2.71. The molecule has 2 heterocycles. The molecular formula is C36H39N2S4+. The van der Waals surface area contributed by atoms with Gasteiger partial charge in [0.05, 0.1) is 10.7 Å². The number of aryl methyl sites for hydroxylation is 1. The Bertz CT molecular complexity index is 1640. The van der Waals surface area contributed by atoms with Crippen LogP contribution >= 0.6 is 46.6 Å². The molecule has 3 aromatic rings. The van der Waals surface area contributed by atoms with Crippen LogP contribution in [0.4, 0.5) is 5.69 Å². The van der Waals surface area contributed by atoms with E-state index in [-0.39, 0.29) is 0 Å². The molecule has 2 aliphatic carbocycles. The van der Waals surface area contributed by atoms with Gasteiger partial charge in [0.2, 0.25) is 5.52 Å². The molecule has 6 heteroatoms. The van der Waals surface area contributed by atoms with Crippen LogP contribution < -0.4 is 9.47 Å². The van der Waals surface area contributed by atoms with Gasteiger partial charge in [0.1, 0.15) is 11.2 Å². The first-order valence-electron chi connectivity index (χ1n) is 15.0. The fourth-order valence-corrected chi connectivity index (χ4v) is 9.78. The Hall–Kier alpha value is -2.38. The molecule has 2 aromatic carbocycles. The van der Waals surface area contributed by atoms with Gasteiger partial charge in [-0.25, -0.2) is 0 Å². The van der Waals surface area contributed by atoms with Gasteiger partial charge in [0.25, 0.3) is 5.01 Å². The second kappa shape index (κ2) is 13.5. The van der Waals surface area contributed by atoms with Gasteiger partial charge in [-0.1, -0.05) is 47.4 Å². The summed E-state index contributed by atoms with van der Waals surface area (Å²) >= 11 is 7.54. The van der Waals surface area contributed by atoms with Crippen LogP contribution in [-0.2, 0) is 6.54 Å². The zero-order valence-electron chi connectivity index (χ0n) is 24.6. The molecule has 2 nitrogen and oxygen atoms in total. The Morgan fingerprint density at radius 1 is 0.952 bits per heavy atom. The summed E-state index contributed by atoms with van der Waals surface area (Å²) in [7, 11) is 0. The third-order valence-corrected chi connectivity index (χ3v) is 12.3. The standard InChI is InChI=1S/C36H39N2S4/c1-5-17-39-29-13-15-33-31(23-29)37(7-3)35(41-33)21-25-9-11-27-12-10-26(20-28(27)19-25)22-36-38(8-4)32-24-30(40-18-6-2)14-16-34(32)42-36/h5-6,13-16,19-24,27H,1-2,7-12,17-18H2,3-4H3/q+1. The zero-order valence-corrected chi connectivity index (χ0v) is 27.9. The maximum absolute atomic E-state index is 3.88. The van der Waals surface area contributed by atoms with Crippen molar-refractivity contribution in [3.63, 3.8) is 0 Å². The Balaban J connectivity index is 1.26. The monoisotopic (exact) mass is 627 g/mol. The van der Waals surface area contributed by atoms with Crippen molar-refractivity contribution in [2.45, 2.75) is 60.8 Å². The fraction of sp³-hybridized carbons (Fsp3) is 0.306. The quantitative estimate of drug-likeness (QED) is 0.125. The number of benzene rings is 2. The van der Waals surface area contributed by atoms with E-state index in [1.165, 1.54) is 70.2 Å². The molecule has 0 spiro atoms. The highest BCUT2D eigenvalue weighted by Gasteiger charge is 2.27. The van der Waals surface area contributed by atoms with Crippen molar-refractivity contribution >= 4 is 68.6 Å². The molecule has 0 bridgehead atoms. The average molecular weight is 628 g/mol. The lowest BCUT2D eigenvalue weighted by Gasteiger charge is -2.28. The first-order chi connectivity index (χ1) is 20.6. The van der Waals surface area contributed by atoms with Gasteiger partial charge in [-0.05, 0) is 98.6 Å². The van der Waals surface area contributed by atoms with Crippen LogP contribution in [0.3, 0.4) is 0 Å². The average Bonchev–Trinajstić information content (AvgIpc) is 3.54. The lowest BCUT2D eigenvalue weighted by Crippen LogP contribution is -2.33. The summed E-state index contributed by atoms with van der Waals surface area (Å²) in [6.07, 6.45) is 18.7. The third-order valence-electron chi connectivity index (χ3n) is 8.13. The minimum absolute atomic E-state index is 0.689. The van der Waals surface area contributed by atoms with Gasteiger partial charge in [-0.2, -0.15) is 4.57 Å². The predicted octanol–water partition coefficient (Wildman–Crippen LogP) is 10.7. The van der Waals surface area contributed by atoms with Crippen molar-refractivity contribution in [1.29, 1.82) is 0 Å². The summed E-state index contributed by atoms with van der Waals surface area (Å²) in [5.74, 6) is 2.57. The molecule has 216 valence electrons. The predicted molar refractivity (Wildman–Crippen MR) is 189 cm³/mol. The summed E-state index contributed by atoms with van der Waals surface area (Å²) in [5.41, 5.74) is 7.13. The Kier molecular flexibility index (Phi) is 9.54. The number of allylic oxidation sites excluding steroid dienone is 6. The lowest BCUT2D eigenvalue weighted by atomic mass is 9.77. The van der Waals surface area contributed by atoms with Crippen LogP contribution in [0.1, 0.15) is 44.5 Å². The first kappa shape index (κ1) is 29.7. The van der Waals surface area contributed by atoms with E-state index in [9.17, 15) is 0 Å². The van der Waals surface area contributed by atoms with E-state index in [1.807, 2.05) is 58.8 Å². The van der Waals surface area contributed by atoms with E-state index in [4.69, 9.17) is 0 Å². The molecule has 1 aromatic heterocycles. The van der Waals surface area contributed by atoms with Gasteiger partial charge < -0.3 is 4.90 Å². The van der Waals surface area contributed by atoms with Crippen molar-refractivity contribution in [2.75, 3.05) is 23.0 Å². The normalized spacial score (nSPS) is 20.0. The SMILES string of the molecule is C=CCSc1ccc2c(c1)N(CC)/C(=C/C1=CC3=C/C(=C/c4sc5ccc(SCC=C)cc5[n+]4CC)CCC3CC1)S2. The number of nitrogens with zero attached hydrogens (tertiary/aromatic N) is 2. The molecule has 1 unspecified atom stereocenters. The highest BCUT2D eigenvalue weighted by atomic mass is 32.2. The summed E-state index contributed by atoms with van der Waals surface area (Å²) in [4.78, 5) is 6.48. The minimum atomic E-state index is 0.689. The molecule has 0 saturated heterocycles. The number of anilines is 1. The molecule has 0 radical (unpaired) electrons. The minimum Gasteiger partial charge on any atom is -0.335 e. The molecule has 42 heavy (non-hydrogen) atoms. The van der Waals surface area contributed by atoms with Crippen LogP contribution in [0.25, 0.3) is 16.3 Å². The smallest absolute Gasteiger partial charge is 0.263 e. The van der Waals surface area contributed by atoms with Crippen LogP contribution in [0.15, 0.2) is 116 Å². The number of hydrogen-bond donors (Lipinski definition) is 0. The summed E-state index contributed by atoms with van der Waals surface area (Å²) in [6, 6.07) is 13.8. The second-order valence-electron chi connectivity index (χ2n) is 10.8. The fourth-order valence-electron chi connectivity index (χ4n) is 6.07. The van der Waals surface area contributed by atoms with E-state index in [2.05, 4.69) is 97.2 Å². The van der Waals surface area contributed by atoms with Crippen molar-refractivity contribution in [2.24, 2.45) is 5.92 Å². The molecule has 1 atom stereocenters. The summed E-state index contributed by atoms with van der Waals surface area (Å²) in [6.45, 7) is 14.2. The van der Waals surface area contributed by atoms with Crippen molar-refractivity contribution in [1.82, 2.24) is 0 Å². The van der Waals surface area contributed by atoms with Gasteiger partial charge in [-0.3, -0.25) is 0 Å². The van der Waals surface area contributed by atoms with Crippen molar-refractivity contribution in [3.05, 3.63) is 107 Å². The van der Waals surface area contributed by atoms with E-state index in [1.54, 1.807) is 0 Å². The van der Waals surface area contributed by atoms with Gasteiger partial charge in [-0.15, -0.1) is 36.7 Å². The third kappa shape index (κ3) is 6.28. The number of rotatable bonds is 10. The molecular weight excluding hydrogens is 589 g/mol. The largest absolute Gasteiger partial charge is 0.335 e.